The van der Waals surface area contributed by atoms with Gasteiger partial charge in [0, 0.05) is 27.2 Å². The second-order valence-corrected chi connectivity index (χ2v) is 6.67. The van der Waals surface area contributed by atoms with E-state index in [4.69, 9.17) is 14.2 Å². The van der Waals surface area contributed by atoms with Gasteiger partial charge in [0.1, 0.15) is 0 Å². The van der Waals surface area contributed by atoms with Crippen molar-refractivity contribution >= 4 is 25.3 Å². The molecule has 0 aromatic carbocycles. The molecule has 22 heavy (non-hydrogen) atoms. The lowest BCUT2D eigenvalue weighted by atomic mass is 9.89. The molecular weight excluding hydrogens is 316 g/mol. The number of unbranched alkanes of at least 4 members (excludes halogenated alkanes) is 5. The first-order chi connectivity index (χ1) is 10.6. The van der Waals surface area contributed by atoms with Crippen LogP contribution in [0.3, 0.4) is 0 Å². The molecule has 0 heterocycles. The maximum Gasteiger partial charge on any atom is 0.285 e. The van der Waals surface area contributed by atoms with E-state index in [9.17, 15) is 0 Å². The summed E-state index contributed by atoms with van der Waals surface area (Å²) in [5.74, 6) is 1.33. The maximum atomic E-state index is 5.59. The van der Waals surface area contributed by atoms with Crippen molar-refractivity contribution in [3.63, 3.8) is 0 Å². The van der Waals surface area contributed by atoms with E-state index in [-0.39, 0.29) is 5.92 Å². The summed E-state index contributed by atoms with van der Waals surface area (Å²) in [6.45, 7) is 2.25. The van der Waals surface area contributed by atoms with E-state index in [2.05, 4.69) is 32.2 Å². The zero-order valence-electron chi connectivity index (χ0n) is 14.8. The molecule has 0 aromatic heterocycles. The van der Waals surface area contributed by atoms with Crippen LogP contribution in [0.2, 0.25) is 0 Å². The molecule has 0 rings (SSSR count). The number of ether oxygens (including phenoxy) is 3. The highest BCUT2D eigenvalue weighted by molar-refractivity contribution is 7.81. The Hall–Kier alpha value is 0.580. The molecule has 0 saturated carbocycles. The van der Waals surface area contributed by atoms with Gasteiger partial charge >= 0.3 is 0 Å². The van der Waals surface area contributed by atoms with Crippen molar-refractivity contribution in [2.75, 3.05) is 32.8 Å². The molecule has 1 unspecified atom stereocenters. The summed E-state index contributed by atoms with van der Waals surface area (Å²) >= 11 is 8.86. The van der Waals surface area contributed by atoms with E-state index >= 15 is 0 Å². The SMILES string of the molecule is CCCCCCCCC(CC(CS)CS)C(OC)(OC)OC. The summed E-state index contributed by atoms with van der Waals surface area (Å²) in [6.07, 6.45) is 9.70. The highest BCUT2D eigenvalue weighted by Crippen LogP contribution is 2.34. The number of hydrogen-bond donors (Lipinski definition) is 2. The predicted octanol–water partition coefficient (Wildman–Crippen LogP) is 4.81. The molecule has 5 heteroatoms. The smallest absolute Gasteiger partial charge is 0.285 e. The molecule has 0 radical (unpaired) electrons. The maximum absolute atomic E-state index is 5.59. The van der Waals surface area contributed by atoms with E-state index in [1.807, 2.05) is 0 Å². The second kappa shape index (κ2) is 14.0. The molecule has 0 aromatic rings. The van der Waals surface area contributed by atoms with Crippen LogP contribution in [0, 0.1) is 11.8 Å². The summed E-state index contributed by atoms with van der Waals surface area (Å²) in [4.78, 5) is 0. The van der Waals surface area contributed by atoms with Crippen molar-refractivity contribution in [1.29, 1.82) is 0 Å². The quantitative estimate of drug-likeness (QED) is 0.252. The fourth-order valence-corrected chi connectivity index (χ4v) is 3.73. The number of thiol groups is 2. The van der Waals surface area contributed by atoms with Gasteiger partial charge in [0.2, 0.25) is 0 Å². The predicted molar refractivity (Wildman–Crippen MR) is 101 cm³/mol. The summed E-state index contributed by atoms with van der Waals surface area (Å²) in [6, 6.07) is 0. The molecule has 3 nitrogen and oxygen atoms in total. The first-order valence-electron chi connectivity index (χ1n) is 8.51. The van der Waals surface area contributed by atoms with Crippen LogP contribution < -0.4 is 0 Å². The highest BCUT2D eigenvalue weighted by Gasteiger charge is 2.40. The fourth-order valence-electron chi connectivity index (χ4n) is 2.97. The lowest BCUT2D eigenvalue weighted by molar-refractivity contribution is -0.381. The molecule has 0 fully saturated rings. The Balaban J connectivity index is 4.57. The van der Waals surface area contributed by atoms with Gasteiger partial charge in [-0.1, -0.05) is 45.4 Å². The van der Waals surface area contributed by atoms with Gasteiger partial charge in [0.25, 0.3) is 5.97 Å². The van der Waals surface area contributed by atoms with Crippen molar-refractivity contribution in [3.05, 3.63) is 0 Å². The number of hydrogen-bond acceptors (Lipinski definition) is 5. The van der Waals surface area contributed by atoms with Crippen molar-refractivity contribution in [2.24, 2.45) is 11.8 Å². The van der Waals surface area contributed by atoms with Crippen LogP contribution in [-0.2, 0) is 14.2 Å². The summed E-state index contributed by atoms with van der Waals surface area (Å²) in [5, 5.41) is 0. The first-order valence-corrected chi connectivity index (χ1v) is 9.77. The zero-order chi connectivity index (χ0) is 16.8. The molecule has 1 atom stereocenters. The molecule has 0 aliphatic heterocycles. The van der Waals surface area contributed by atoms with Crippen LogP contribution >= 0.6 is 25.3 Å². The summed E-state index contributed by atoms with van der Waals surface area (Å²) in [7, 11) is 4.95. The van der Waals surface area contributed by atoms with E-state index in [0.29, 0.717) is 5.92 Å². The normalized spacial score (nSPS) is 13.8. The monoisotopic (exact) mass is 352 g/mol. The van der Waals surface area contributed by atoms with Crippen molar-refractivity contribution in [2.45, 2.75) is 64.3 Å². The molecule has 0 N–H and O–H groups in total. The zero-order valence-corrected chi connectivity index (χ0v) is 16.6. The average Bonchev–Trinajstić information content (AvgIpc) is 2.56. The minimum Gasteiger partial charge on any atom is -0.331 e. The first kappa shape index (κ1) is 22.6. The van der Waals surface area contributed by atoms with Crippen molar-refractivity contribution < 1.29 is 14.2 Å². The minimum atomic E-state index is -0.951. The molecule has 0 bridgehead atoms. The Morgan fingerprint density at radius 2 is 1.32 bits per heavy atom. The Kier molecular flexibility index (Phi) is 14.3. The topological polar surface area (TPSA) is 27.7 Å². The summed E-state index contributed by atoms with van der Waals surface area (Å²) < 4.78 is 16.8. The molecule has 134 valence electrons. The van der Waals surface area contributed by atoms with Gasteiger partial charge in [-0.05, 0) is 30.3 Å². The Bertz CT molecular complexity index is 236. The molecule has 0 amide bonds. The third-order valence-corrected chi connectivity index (χ3v) is 5.43. The number of methoxy groups -OCH3 is 3. The van der Waals surface area contributed by atoms with Gasteiger partial charge in [0.05, 0.1) is 0 Å². The Morgan fingerprint density at radius 1 is 0.818 bits per heavy atom. The van der Waals surface area contributed by atoms with E-state index < -0.39 is 5.97 Å². The number of rotatable bonds is 15. The standard InChI is InChI=1S/C17H36O3S2/c1-5-6-7-8-9-10-11-16(12-15(13-21)14-22)17(18-2,19-3)20-4/h15-16,21-22H,5-14H2,1-4H3. The lowest BCUT2D eigenvalue weighted by Gasteiger charge is -2.37. The lowest BCUT2D eigenvalue weighted by Crippen LogP contribution is -2.45. The largest absolute Gasteiger partial charge is 0.331 e. The van der Waals surface area contributed by atoms with Gasteiger partial charge in [-0.2, -0.15) is 25.3 Å². The van der Waals surface area contributed by atoms with Crippen molar-refractivity contribution in [1.82, 2.24) is 0 Å². The van der Waals surface area contributed by atoms with E-state index in [1.54, 1.807) is 21.3 Å². The van der Waals surface area contributed by atoms with Gasteiger partial charge in [0.15, 0.2) is 0 Å². The molecular formula is C17H36O3S2. The van der Waals surface area contributed by atoms with Gasteiger partial charge in [-0.15, -0.1) is 0 Å². The van der Waals surface area contributed by atoms with Crippen LogP contribution in [0.15, 0.2) is 0 Å². The average molecular weight is 353 g/mol. The Labute approximate surface area is 148 Å². The molecule has 0 aliphatic carbocycles. The van der Waals surface area contributed by atoms with Crippen molar-refractivity contribution in [3.8, 4) is 0 Å². The van der Waals surface area contributed by atoms with Crippen LogP contribution in [0.4, 0.5) is 0 Å². The van der Waals surface area contributed by atoms with Crippen LogP contribution in [-0.4, -0.2) is 38.8 Å². The third-order valence-electron chi connectivity index (χ3n) is 4.39. The summed E-state index contributed by atoms with van der Waals surface area (Å²) in [5.41, 5.74) is 0. The van der Waals surface area contributed by atoms with Crippen LogP contribution in [0.5, 0.6) is 0 Å². The van der Waals surface area contributed by atoms with Gasteiger partial charge in [-0.25, -0.2) is 0 Å². The van der Waals surface area contributed by atoms with E-state index in [1.165, 1.54) is 38.5 Å². The third kappa shape index (κ3) is 7.91. The molecule has 0 aliphatic rings. The molecule has 0 spiro atoms. The Morgan fingerprint density at radius 3 is 1.77 bits per heavy atom. The van der Waals surface area contributed by atoms with Crippen LogP contribution in [0.1, 0.15) is 58.3 Å². The minimum absolute atomic E-state index is 0.197. The van der Waals surface area contributed by atoms with Gasteiger partial charge < -0.3 is 14.2 Å². The highest BCUT2D eigenvalue weighted by atomic mass is 32.1. The van der Waals surface area contributed by atoms with E-state index in [0.717, 1.165) is 24.3 Å². The van der Waals surface area contributed by atoms with Gasteiger partial charge in [-0.3, -0.25) is 0 Å². The second-order valence-electron chi connectivity index (χ2n) is 5.94. The molecule has 0 saturated heterocycles. The fraction of sp³-hybridized carbons (Fsp3) is 1.00. The van der Waals surface area contributed by atoms with Crippen LogP contribution in [0.25, 0.3) is 0 Å².